The predicted molar refractivity (Wildman–Crippen MR) is 75.3 cm³/mol. The normalized spacial score (nSPS) is 21.7. The highest BCUT2D eigenvalue weighted by molar-refractivity contribution is 7.89. The summed E-state index contributed by atoms with van der Waals surface area (Å²) in [5, 5.41) is 3.00. The molecule has 0 radical (unpaired) electrons. The van der Waals surface area contributed by atoms with E-state index in [1.165, 1.54) is 0 Å². The fourth-order valence-corrected chi connectivity index (χ4v) is 4.16. The SMILES string of the molecule is CCC1CCCN(S(=O)(=O)c2c[nH]c(CNC)c2)C1. The molecule has 2 rings (SSSR count). The zero-order valence-electron chi connectivity index (χ0n) is 11.6. The fourth-order valence-electron chi connectivity index (χ4n) is 2.59. The number of rotatable bonds is 5. The van der Waals surface area contributed by atoms with Gasteiger partial charge in [0.1, 0.15) is 0 Å². The van der Waals surface area contributed by atoms with Gasteiger partial charge in [-0.05, 0) is 31.9 Å². The number of sulfonamides is 1. The van der Waals surface area contributed by atoms with Crippen molar-refractivity contribution in [2.75, 3.05) is 20.1 Å². The molecule has 1 aromatic heterocycles. The highest BCUT2D eigenvalue weighted by atomic mass is 32.2. The molecule has 0 bridgehead atoms. The van der Waals surface area contributed by atoms with E-state index in [2.05, 4.69) is 17.2 Å². The standard InChI is InChI=1S/C13H23N3O2S/c1-3-11-5-4-6-16(10-11)19(17,18)13-7-12(8-14-2)15-9-13/h7,9,11,14-15H,3-6,8,10H2,1-2H3. The molecule has 19 heavy (non-hydrogen) atoms. The average Bonchev–Trinajstić information content (AvgIpc) is 2.88. The van der Waals surface area contributed by atoms with Crippen molar-refractivity contribution in [2.24, 2.45) is 5.92 Å². The molecule has 1 aliphatic rings. The van der Waals surface area contributed by atoms with Gasteiger partial charge in [0, 0.05) is 31.5 Å². The number of piperidine rings is 1. The Hall–Kier alpha value is -0.850. The minimum Gasteiger partial charge on any atom is -0.363 e. The van der Waals surface area contributed by atoms with Gasteiger partial charge in [0.15, 0.2) is 0 Å². The minimum atomic E-state index is -3.33. The van der Waals surface area contributed by atoms with E-state index in [1.807, 2.05) is 7.05 Å². The lowest BCUT2D eigenvalue weighted by molar-refractivity contribution is 0.261. The van der Waals surface area contributed by atoms with E-state index in [0.29, 0.717) is 30.4 Å². The van der Waals surface area contributed by atoms with Gasteiger partial charge in [0.05, 0.1) is 4.90 Å². The molecule has 1 aromatic rings. The van der Waals surface area contributed by atoms with Gasteiger partial charge in [-0.1, -0.05) is 13.3 Å². The topological polar surface area (TPSA) is 65.2 Å². The van der Waals surface area contributed by atoms with Crippen LogP contribution in [0.2, 0.25) is 0 Å². The molecule has 0 aromatic carbocycles. The summed E-state index contributed by atoms with van der Waals surface area (Å²) in [6.45, 7) is 4.08. The van der Waals surface area contributed by atoms with Crippen molar-refractivity contribution in [3.63, 3.8) is 0 Å². The van der Waals surface area contributed by atoms with Crippen LogP contribution in [0.1, 0.15) is 31.9 Å². The summed E-state index contributed by atoms with van der Waals surface area (Å²) in [5.74, 6) is 0.499. The highest BCUT2D eigenvalue weighted by Gasteiger charge is 2.30. The Balaban J connectivity index is 2.16. The maximum Gasteiger partial charge on any atom is 0.244 e. The lowest BCUT2D eigenvalue weighted by atomic mass is 9.97. The van der Waals surface area contributed by atoms with Crippen LogP contribution in [0.5, 0.6) is 0 Å². The van der Waals surface area contributed by atoms with Crippen molar-refractivity contribution in [3.8, 4) is 0 Å². The number of aromatic amines is 1. The first-order chi connectivity index (χ1) is 9.07. The molecule has 2 N–H and O–H groups in total. The molecular formula is C13H23N3O2S. The molecule has 5 nitrogen and oxygen atoms in total. The molecule has 0 spiro atoms. The summed E-state index contributed by atoms with van der Waals surface area (Å²) in [4.78, 5) is 3.39. The first kappa shape index (κ1) is 14.6. The maximum atomic E-state index is 12.6. The van der Waals surface area contributed by atoms with Crippen molar-refractivity contribution in [1.29, 1.82) is 0 Å². The Labute approximate surface area is 115 Å². The summed E-state index contributed by atoms with van der Waals surface area (Å²) < 4.78 is 26.7. The van der Waals surface area contributed by atoms with Crippen LogP contribution >= 0.6 is 0 Å². The van der Waals surface area contributed by atoms with E-state index in [9.17, 15) is 8.42 Å². The smallest absolute Gasteiger partial charge is 0.244 e. The molecule has 2 heterocycles. The molecule has 1 saturated heterocycles. The predicted octanol–water partition coefficient (Wildman–Crippen LogP) is 1.54. The van der Waals surface area contributed by atoms with Crippen molar-refractivity contribution in [3.05, 3.63) is 18.0 Å². The number of aromatic nitrogens is 1. The maximum absolute atomic E-state index is 12.6. The van der Waals surface area contributed by atoms with Gasteiger partial charge < -0.3 is 10.3 Å². The molecule has 1 fully saturated rings. The lowest BCUT2D eigenvalue weighted by Crippen LogP contribution is -2.39. The first-order valence-corrected chi connectivity index (χ1v) is 8.34. The number of hydrogen-bond acceptors (Lipinski definition) is 3. The zero-order valence-corrected chi connectivity index (χ0v) is 12.5. The number of hydrogen-bond donors (Lipinski definition) is 2. The van der Waals surface area contributed by atoms with E-state index >= 15 is 0 Å². The third kappa shape index (κ3) is 3.19. The Bertz CT molecular complexity index is 510. The summed E-state index contributed by atoms with van der Waals surface area (Å²) in [5.41, 5.74) is 0.894. The molecule has 108 valence electrons. The zero-order chi connectivity index (χ0) is 13.9. The Morgan fingerprint density at radius 1 is 1.53 bits per heavy atom. The van der Waals surface area contributed by atoms with Gasteiger partial charge >= 0.3 is 0 Å². The average molecular weight is 285 g/mol. The van der Waals surface area contributed by atoms with Crippen molar-refractivity contribution >= 4 is 10.0 Å². The van der Waals surface area contributed by atoms with Gasteiger partial charge in [-0.2, -0.15) is 4.31 Å². The van der Waals surface area contributed by atoms with Crippen LogP contribution in [0.4, 0.5) is 0 Å². The van der Waals surface area contributed by atoms with Gasteiger partial charge in [0.2, 0.25) is 10.0 Å². The van der Waals surface area contributed by atoms with Crippen molar-refractivity contribution in [1.82, 2.24) is 14.6 Å². The first-order valence-electron chi connectivity index (χ1n) is 6.90. The molecule has 6 heteroatoms. The lowest BCUT2D eigenvalue weighted by Gasteiger charge is -2.31. The second-order valence-corrected chi connectivity index (χ2v) is 7.11. The van der Waals surface area contributed by atoms with Gasteiger partial charge in [-0.15, -0.1) is 0 Å². The summed E-state index contributed by atoms with van der Waals surface area (Å²) in [6.07, 6.45) is 4.74. The Kier molecular flexibility index (Phi) is 4.65. The third-order valence-corrected chi connectivity index (χ3v) is 5.62. The Morgan fingerprint density at radius 2 is 2.32 bits per heavy atom. The largest absolute Gasteiger partial charge is 0.363 e. The second-order valence-electron chi connectivity index (χ2n) is 5.17. The molecular weight excluding hydrogens is 262 g/mol. The van der Waals surface area contributed by atoms with Crippen LogP contribution in [0.3, 0.4) is 0 Å². The van der Waals surface area contributed by atoms with Crippen LogP contribution in [0.25, 0.3) is 0 Å². The van der Waals surface area contributed by atoms with Crippen LogP contribution in [0, 0.1) is 5.92 Å². The van der Waals surface area contributed by atoms with Crippen LogP contribution in [0.15, 0.2) is 17.2 Å². The molecule has 0 amide bonds. The van der Waals surface area contributed by atoms with E-state index in [0.717, 1.165) is 25.0 Å². The van der Waals surface area contributed by atoms with Crippen molar-refractivity contribution in [2.45, 2.75) is 37.6 Å². The second kappa shape index (κ2) is 6.07. The minimum absolute atomic E-state index is 0.384. The highest BCUT2D eigenvalue weighted by Crippen LogP contribution is 2.25. The van der Waals surface area contributed by atoms with Gasteiger partial charge in [-0.25, -0.2) is 8.42 Å². The van der Waals surface area contributed by atoms with E-state index < -0.39 is 10.0 Å². The molecule has 0 aliphatic carbocycles. The molecule has 1 atom stereocenters. The van der Waals surface area contributed by atoms with Crippen LogP contribution in [-0.4, -0.2) is 37.8 Å². The third-order valence-electron chi connectivity index (χ3n) is 3.78. The van der Waals surface area contributed by atoms with Gasteiger partial charge in [-0.3, -0.25) is 0 Å². The monoisotopic (exact) mass is 285 g/mol. The summed E-state index contributed by atoms with van der Waals surface area (Å²) in [6, 6.07) is 1.72. The van der Waals surface area contributed by atoms with Crippen molar-refractivity contribution < 1.29 is 8.42 Å². The summed E-state index contributed by atoms with van der Waals surface area (Å²) in [7, 11) is -1.49. The quantitative estimate of drug-likeness (QED) is 0.862. The van der Waals surface area contributed by atoms with E-state index in [1.54, 1.807) is 16.6 Å². The van der Waals surface area contributed by atoms with Gasteiger partial charge in [0.25, 0.3) is 0 Å². The molecule has 0 saturated carbocycles. The van der Waals surface area contributed by atoms with E-state index in [4.69, 9.17) is 0 Å². The van der Waals surface area contributed by atoms with E-state index in [-0.39, 0.29) is 0 Å². The number of nitrogens with zero attached hydrogens (tertiary/aromatic N) is 1. The van der Waals surface area contributed by atoms with Crippen LogP contribution in [-0.2, 0) is 16.6 Å². The molecule has 1 unspecified atom stereocenters. The number of nitrogens with one attached hydrogen (secondary N) is 2. The van der Waals surface area contributed by atoms with Crippen LogP contribution < -0.4 is 5.32 Å². The fraction of sp³-hybridized carbons (Fsp3) is 0.692. The molecule has 1 aliphatic heterocycles. The number of H-pyrrole nitrogens is 1. The summed E-state index contributed by atoms with van der Waals surface area (Å²) >= 11 is 0. The Morgan fingerprint density at radius 3 is 3.00 bits per heavy atom.